The van der Waals surface area contributed by atoms with Gasteiger partial charge in [0.2, 0.25) is 0 Å². The van der Waals surface area contributed by atoms with Crippen LogP contribution in [-0.4, -0.2) is 18.8 Å². The van der Waals surface area contributed by atoms with Gasteiger partial charge in [-0.1, -0.05) is 13.0 Å². The molecule has 3 atom stereocenters. The zero-order valence-corrected chi connectivity index (χ0v) is 9.74. The molecular weight excluding hydrogens is 188 g/mol. The molecule has 0 aromatic rings. The molecule has 0 aliphatic carbocycles. The third kappa shape index (κ3) is 3.59. The Labute approximate surface area is 93.0 Å². The van der Waals surface area contributed by atoms with Crippen molar-refractivity contribution < 1.29 is 4.74 Å². The van der Waals surface area contributed by atoms with Crippen LogP contribution in [0.1, 0.15) is 39.0 Å². The first-order chi connectivity index (χ1) is 7.33. The highest BCUT2D eigenvalue weighted by Gasteiger charge is 2.32. The largest absolute Gasteiger partial charge is 0.378 e. The molecular formula is C12H24N2O. The van der Waals surface area contributed by atoms with Crippen molar-refractivity contribution in [1.82, 2.24) is 5.43 Å². The van der Waals surface area contributed by atoms with E-state index < -0.39 is 0 Å². The predicted octanol–water partition coefficient (Wildman–Crippen LogP) is 1.99. The maximum atomic E-state index is 5.69. The number of allylic oxidation sites excluding steroid dienone is 1. The lowest BCUT2D eigenvalue weighted by atomic mass is 9.88. The first kappa shape index (κ1) is 12.7. The summed E-state index contributed by atoms with van der Waals surface area (Å²) in [6.45, 7) is 6.81. The highest BCUT2D eigenvalue weighted by Crippen LogP contribution is 2.28. The number of unbranched alkanes of at least 4 members (excludes halogenated alkanes) is 1. The van der Waals surface area contributed by atoms with Gasteiger partial charge >= 0.3 is 0 Å². The lowest BCUT2D eigenvalue weighted by Crippen LogP contribution is -2.43. The van der Waals surface area contributed by atoms with E-state index in [1.807, 2.05) is 6.08 Å². The average Bonchev–Trinajstić information content (AvgIpc) is 2.72. The van der Waals surface area contributed by atoms with Crippen LogP contribution in [0.25, 0.3) is 0 Å². The Kier molecular flexibility index (Phi) is 5.91. The van der Waals surface area contributed by atoms with E-state index in [2.05, 4.69) is 18.9 Å². The van der Waals surface area contributed by atoms with E-state index in [9.17, 15) is 0 Å². The molecule has 1 rings (SSSR count). The minimum atomic E-state index is 0.398. The van der Waals surface area contributed by atoms with Gasteiger partial charge in [-0.15, -0.1) is 6.58 Å². The number of nitrogens with two attached hydrogens (primary N) is 1. The highest BCUT2D eigenvalue weighted by atomic mass is 16.5. The van der Waals surface area contributed by atoms with Gasteiger partial charge < -0.3 is 4.74 Å². The van der Waals surface area contributed by atoms with Gasteiger partial charge in [0.25, 0.3) is 0 Å². The summed E-state index contributed by atoms with van der Waals surface area (Å²) in [6, 6.07) is 0.400. The molecule has 15 heavy (non-hydrogen) atoms. The summed E-state index contributed by atoms with van der Waals surface area (Å²) in [7, 11) is 0. The summed E-state index contributed by atoms with van der Waals surface area (Å²) in [5, 5.41) is 0. The van der Waals surface area contributed by atoms with Gasteiger partial charge in [0.1, 0.15) is 0 Å². The highest BCUT2D eigenvalue weighted by molar-refractivity contribution is 4.85. The molecule has 1 aliphatic rings. The third-order valence-electron chi connectivity index (χ3n) is 3.32. The van der Waals surface area contributed by atoms with Crippen LogP contribution in [-0.2, 0) is 4.74 Å². The summed E-state index contributed by atoms with van der Waals surface area (Å²) in [5.74, 6) is 6.21. The Hall–Kier alpha value is -0.380. The van der Waals surface area contributed by atoms with Crippen LogP contribution in [0.15, 0.2) is 12.7 Å². The van der Waals surface area contributed by atoms with E-state index in [-0.39, 0.29) is 0 Å². The van der Waals surface area contributed by atoms with Crippen LogP contribution in [0, 0.1) is 5.92 Å². The number of ether oxygens (including phenoxy) is 1. The topological polar surface area (TPSA) is 47.3 Å². The van der Waals surface area contributed by atoms with Crippen molar-refractivity contribution in [2.75, 3.05) is 6.61 Å². The normalized spacial score (nSPS) is 27.9. The van der Waals surface area contributed by atoms with E-state index in [0.717, 1.165) is 38.7 Å². The second kappa shape index (κ2) is 6.99. The molecule has 0 bridgehead atoms. The van der Waals surface area contributed by atoms with E-state index in [1.165, 1.54) is 0 Å². The average molecular weight is 212 g/mol. The summed E-state index contributed by atoms with van der Waals surface area (Å²) in [4.78, 5) is 0. The van der Waals surface area contributed by atoms with Crippen molar-refractivity contribution in [2.24, 2.45) is 11.8 Å². The Balaban J connectivity index is 2.38. The van der Waals surface area contributed by atoms with Gasteiger partial charge in [-0.05, 0) is 32.1 Å². The zero-order chi connectivity index (χ0) is 11.1. The number of hydrogen-bond acceptors (Lipinski definition) is 3. The predicted molar refractivity (Wildman–Crippen MR) is 63.3 cm³/mol. The molecule has 3 heteroatoms. The molecule has 3 N–H and O–H groups in total. The Bertz CT molecular complexity index is 184. The van der Waals surface area contributed by atoms with Gasteiger partial charge in [-0.2, -0.15) is 0 Å². The van der Waals surface area contributed by atoms with Gasteiger partial charge in [0, 0.05) is 18.6 Å². The summed E-state index contributed by atoms with van der Waals surface area (Å²) in [6.07, 6.45) is 7.94. The summed E-state index contributed by atoms with van der Waals surface area (Å²) < 4.78 is 5.69. The van der Waals surface area contributed by atoms with Gasteiger partial charge in [0.15, 0.2) is 0 Å². The van der Waals surface area contributed by atoms with Crippen molar-refractivity contribution in [1.29, 1.82) is 0 Å². The third-order valence-corrected chi connectivity index (χ3v) is 3.32. The molecule has 0 radical (unpaired) electrons. The van der Waals surface area contributed by atoms with E-state index in [1.54, 1.807) is 0 Å². The molecule has 3 unspecified atom stereocenters. The van der Waals surface area contributed by atoms with E-state index in [0.29, 0.717) is 18.1 Å². The van der Waals surface area contributed by atoms with Gasteiger partial charge in [-0.25, -0.2) is 0 Å². The van der Waals surface area contributed by atoms with Crippen LogP contribution in [0.2, 0.25) is 0 Å². The number of hydrogen-bond donors (Lipinski definition) is 2. The summed E-state index contributed by atoms with van der Waals surface area (Å²) >= 11 is 0. The molecule has 1 fully saturated rings. The molecule has 1 heterocycles. The smallest absolute Gasteiger partial charge is 0.0616 e. The Morgan fingerprint density at radius 2 is 2.47 bits per heavy atom. The molecule has 0 spiro atoms. The van der Waals surface area contributed by atoms with Gasteiger partial charge in [0.05, 0.1) is 6.10 Å². The SMILES string of the molecule is C=CCCCC(NN)C1CCOC1CC. The second-order valence-electron chi connectivity index (χ2n) is 4.26. The van der Waals surface area contributed by atoms with E-state index in [4.69, 9.17) is 10.6 Å². The fourth-order valence-corrected chi connectivity index (χ4v) is 2.45. The number of rotatable bonds is 7. The molecule has 88 valence electrons. The fraction of sp³-hybridized carbons (Fsp3) is 0.833. The van der Waals surface area contributed by atoms with Crippen molar-refractivity contribution in [2.45, 2.75) is 51.2 Å². The van der Waals surface area contributed by atoms with Gasteiger partial charge in [-0.3, -0.25) is 11.3 Å². The quantitative estimate of drug-likeness (QED) is 0.294. The summed E-state index contributed by atoms with van der Waals surface area (Å²) in [5.41, 5.74) is 2.95. The van der Waals surface area contributed by atoms with Crippen molar-refractivity contribution in [3.05, 3.63) is 12.7 Å². The molecule has 0 aromatic heterocycles. The van der Waals surface area contributed by atoms with Crippen molar-refractivity contribution >= 4 is 0 Å². The zero-order valence-electron chi connectivity index (χ0n) is 9.74. The molecule has 1 aliphatic heterocycles. The Morgan fingerprint density at radius 3 is 3.07 bits per heavy atom. The van der Waals surface area contributed by atoms with Crippen LogP contribution < -0.4 is 11.3 Å². The second-order valence-corrected chi connectivity index (χ2v) is 4.26. The maximum absolute atomic E-state index is 5.69. The Morgan fingerprint density at radius 1 is 1.67 bits per heavy atom. The molecule has 1 saturated heterocycles. The van der Waals surface area contributed by atoms with E-state index >= 15 is 0 Å². The lowest BCUT2D eigenvalue weighted by Gasteiger charge is -2.26. The fourth-order valence-electron chi connectivity index (χ4n) is 2.45. The molecule has 0 aromatic carbocycles. The standard InChI is InChI=1S/C12H24N2O/c1-3-5-6-7-11(14-13)10-8-9-15-12(10)4-2/h3,10-12,14H,1,4-9,13H2,2H3. The first-order valence-electron chi connectivity index (χ1n) is 6.02. The number of nitrogens with one attached hydrogen (secondary N) is 1. The number of hydrazine groups is 1. The molecule has 3 nitrogen and oxygen atoms in total. The minimum Gasteiger partial charge on any atom is -0.378 e. The first-order valence-corrected chi connectivity index (χ1v) is 6.02. The van der Waals surface area contributed by atoms with Crippen LogP contribution in [0.3, 0.4) is 0 Å². The van der Waals surface area contributed by atoms with Crippen molar-refractivity contribution in [3.8, 4) is 0 Å². The maximum Gasteiger partial charge on any atom is 0.0616 e. The lowest BCUT2D eigenvalue weighted by molar-refractivity contribution is 0.0762. The minimum absolute atomic E-state index is 0.398. The van der Waals surface area contributed by atoms with Crippen LogP contribution in [0.5, 0.6) is 0 Å². The molecule has 0 amide bonds. The monoisotopic (exact) mass is 212 g/mol. The van der Waals surface area contributed by atoms with Crippen LogP contribution in [0.4, 0.5) is 0 Å². The van der Waals surface area contributed by atoms with Crippen LogP contribution >= 0.6 is 0 Å². The van der Waals surface area contributed by atoms with Crippen molar-refractivity contribution in [3.63, 3.8) is 0 Å². The molecule has 0 saturated carbocycles.